The number of amides is 2. The van der Waals surface area contributed by atoms with E-state index in [1.165, 1.54) is 19.2 Å². The third kappa shape index (κ3) is 5.75. The lowest BCUT2D eigenvalue weighted by molar-refractivity contribution is -0.129. The Kier molecular flexibility index (Phi) is 7.50. The number of hydrogen-bond acceptors (Lipinski definition) is 6. The lowest BCUT2D eigenvalue weighted by Crippen LogP contribution is -2.58. The molecule has 0 saturated carbocycles. The van der Waals surface area contributed by atoms with E-state index in [1.54, 1.807) is 12.1 Å². The largest absolute Gasteiger partial charge is 0.497 e. The molecule has 0 spiro atoms. The summed E-state index contributed by atoms with van der Waals surface area (Å²) >= 11 is 0. The Labute approximate surface area is 199 Å². The van der Waals surface area contributed by atoms with Crippen molar-refractivity contribution in [3.8, 4) is 5.75 Å². The van der Waals surface area contributed by atoms with E-state index in [1.807, 2.05) is 35.2 Å². The molecule has 2 aliphatic heterocycles. The quantitative estimate of drug-likeness (QED) is 0.487. The standard InChI is InChI=1S/C24H30N4O5S/c1-33-20-8-10-21(11-9-20)34(31,32)27-18-13-22-24(30)26-15-19(28(22)16-18)7-12-23(29)25-14-17-5-3-2-4-6-17/h2-6,8-11,18-19,22,27H,7,12-16H2,1H3,(H,25,29)(H,26,30). The number of sulfonamides is 1. The Morgan fingerprint density at radius 3 is 2.59 bits per heavy atom. The van der Waals surface area contributed by atoms with Crippen molar-refractivity contribution < 1.29 is 22.7 Å². The third-order valence-corrected chi connectivity index (χ3v) is 7.89. The second-order valence-electron chi connectivity index (χ2n) is 8.64. The molecule has 0 aromatic heterocycles. The monoisotopic (exact) mass is 486 g/mol. The van der Waals surface area contributed by atoms with Crippen LogP contribution in [0.5, 0.6) is 5.75 Å². The summed E-state index contributed by atoms with van der Waals surface area (Å²) in [7, 11) is -2.22. The molecule has 2 aliphatic rings. The SMILES string of the molecule is COc1ccc(S(=O)(=O)NC2CC3C(=O)NCC(CCC(=O)NCc4ccccc4)N3C2)cc1. The maximum atomic E-state index is 12.8. The van der Waals surface area contributed by atoms with Crippen molar-refractivity contribution in [1.29, 1.82) is 0 Å². The molecule has 2 saturated heterocycles. The smallest absolute Gasteiger partial charge is 0.240 e. The average Bonchev–Trinajstić information content (AvgIpc) is 3.27. The molecule has 2 aromatic rings. The zero-order valence-electron chi connectivity index (χ0n) is 19.1. The Morgan fingerprint density at radius 1 is 1.15 bits per heavy atom. The van der Waals surface area contributed by atoms with E-state index in [0.717, 1.165) is 5.56 Å². The van der Waals surface area contributed by atoms with Gasteiger partial charge in [-0.2, -0.15) is 0 Å². The van der Waals surface area contributed by atoms with Gasteiger partial charge in [-0.25, -0.2) is 13.1 Å². The van der Waals surface area contributed by atoms with Crippen molar-refractivity contribution in [1.82, 2.24) is 20.3 Å². The second kappa shape index (κ2) is 10.5. The summed E-state index contributed by atoms with van der Waals surface area (Å²) in [5.74, 6) is 0.424. The van der Waals surface area contributed by atoms with Crippen LogP contribution in [0.1, 0.15) is 24.8 Å². The summed E-state index contributed by atoms with van der Waals surface area (Å²) in [5, 5.41) is 5.84. The summed E-state index contributed by atoms with van der Waals surface area (Å²) in [4.78, 5) is 27.0. The molecule has 2 aromatic carbocycles. The predicted octanol–water partition coefficient (Wildman–Crippen LogP) is 1.01. The first-order valence-electron chi connectivity index (χ1n) is 11.4. The molecule has 2 amide bonds. The number of fused-ring (bicyclic) bond motifs is 1. The van der Waals surface area contributed by atoms with Gasteiger partial charge in [0.2, 0.25) is 21.8 Å². The van der Waals surface area contributed by atoms with Crippen molar-refractivity contribution in [2.45, 2.75) is 48.8 Å². The molecule has 4 rings (SSSR count). The summed E-state index contributed by atoms with van der Waals surface area (Å²) in [6, 6.07) is 15.1. The predicted molar refractivity (Wildman–Crippen MR) is 127 cm³/mol. The maximum absolute atomic E-state index is 12.8. The molecule has 0 aliphatic carbocycles. The third-order valence-electron chi connectivity index (χ3n) is 6.35. The van der Waals surface area contributed by atoms with E-state index in [0.29, 0.717) is 44.6 Å². The molecule has 3 unspecified atom stereocenters. The summed E-state index contributed by atoms with van der Waals surface area (Å²) in [6.45, 7) is 1.34. The number of rotatable bonds is 9. The van der Waals surface area contributed by atoms with E-state index in [2.05, 4.69) is 15.4 Å². The molecule has 0 radical (unpaired) electrons. The number of hydrogen-bond donors (Lipinski definition) is 3. The van der Waals surface area contributed by atoms with Crippen LogP contribution in [0.2, 0.25) is 0 Å². The number of nitrogens with zero attached hydrogens (tertiary/aromatic N) is 1. The molecular formula is C24H30N4O5S. The molecule has 182 valence electrons. The highest BCUT2D eigenvalue weighted by Crippen LogP contribution is 2.27. The van der Waals surface area contributed by atoms with Crippen LogP contribution < -0.4 is 20.1 Å². The van der Waals surface area contributed by atoms with Gasteiger partial charge in [-0.15, -0.1) is 0 Å². The second-order valence-corrected chi connectivity index (χ2v) is 10.4. The number of carbonyl (C=O) groups excluding carboxylic acids is 2. The van der Waals surface area contributed by atoms with Crippen LogP contribution in [-0.2, 0) is 26.2 Å². The molecule has 3 N–H and O–H groups in total. The van der Waals surface area contributed by atoms with Gasteiger partial charge in [-0.3, -0.25) is 14.5 Å². The minimum absolute atomic E-state index is 0.0272. The van der Waals surface area contributed by atoms with Gasteiger partial charge in [0, 0.05) is 38.1 Å². The van der Waals surface area contributed by atoms with E-state index >= 15 is 0 Å². The number of benzene rings is 2. The van der Waals surface area contributed by atoms with Crippen LogP contribution in [0.25, 0.3) is 0 Å². The Bertz CT molecular complexity index is 1110. The minimum Gasteiger partial charge on any atom is -0.497 e. The van der Waals surface area contributed by atoms with Gasteiger partial charge >= 0.3 is 0 Å². The van der Waals surface area contributed by atoms with E-state index in [4.69, 9.17) is 4.74 Å². The van der Waals surface area contributed by atoms with Gasteiger partial charge in [-0.1, -0.05) is 30.3 Å². The summed E-state index contributed by atoms with van der Waals surface area (Å²) < 4.78 is 33.5. The van der Waals surface area contributed by atoms with E-state index in [-0.39, 0.29) is 22.8 Å². The van der Waals surface area contributed by atoms with Gasteiger partial charge < -0.3 is 15.4 Å². The summed E-state index contributed by atoms with van der Waals surface area (Å²) in [6.07, 6.45) is 1.30. The lowest BCUT2D eigenvalue weighted by atomic mass is 10.0. The molecule has 2 heterocycles. The molecule has 9 nitrogen and oxygen atoms in total. The first-order chi connectivity index (χ1) is 16.4. The van der Waals surface area contributed by atoms with Crippen LogP contribution >= 0.6 is 0 Å². The first-order valence-corrected chi connectivity index (χ1v) is 12.8. The zero-order chi connectivity index (χ0) is 24.1. The van der Waals surface area contributed by atoms with Gasteiger partial charge in [-0.05, 0) is 42.7 Å². The highest BCUT2D eigenvalue weighted by Gasteiger charge is 2.44. The first kappa shape index (κ1) is 24.2. The van der Waals surface area contributed by atoms with Gasteiger partial charge in [0.05, 0.1) is 18.0 Å². The van der Waals surface area contributed by atoms with Crippen LogP contribution in [0, 0.1) is 0 Å². The molecule has 10 heteroatoms. The fraction of sp³-hybridized carbons (Fsp3) is 0.417. The molecule has 0 bridgehead atoms. The Morgan fingerprint density at radius 2 is 1.88 bits per heavy atom. The fourth-order valence-corrected chi connectivity index (χ4v) is 5.79. The van der Waals surface area contributed by atoms with E-state index in [9.17, 15) is 18.0 Å². The van der Waals surface area contributed by atoms with E-state index < -0.39 is 22.1 Å². The van der Waals surface area contributed by atoms with Gasteiger partial charge in [0.15, 0.2) is 0 Å². The van der Waals surface area contributed by atoms with Crippen molar-refractivity contribution >= 4 is 21.8 Å². The lowest BCUT2D eigenvalue weighted by Gasteiger charge is -2.37. The van der Waals surface area contributed by atoms with Gasteiger partial charge in [0.25, 0.3) is 0 Å². The highest BCUT2D eigenvalue weighted by molar-refractivity contribution is 7.89. The minimum atomic E-state index is -3.73. The zero-order valence-corrected chi connectivity index (χ0v) is 19.9. The highest BCUT2D eigenvalue weighted by atomic mass is 32.2. The van der Waals surface area contributed by atoms with Crippen molar-refractivity contribution in [2.24, 2.45) is 0 Å². The number of nitrogens with one attached hydrogen (secondary N) is 3. The van der Waals surface area contributed by atoms with Crippen LogP contribution in [0.3, 0.4) is 0 Å². The molecule has 34 heavy (non-hydrogen) atoms. The number of piperazine rings is 1. The van der Waals surface area contributed by atoms with Gasteiger partial charge in [0.1, 0.15) is 5.75 Å². The van der Waals surface area contributed by atoms with Crippen LogP contribution in [-0.4, -0.2) is 63.5 Å². The number of ether oxygens (including phenoxy) is 1. The van der Waals surface area contributed by atoms with Crippen LogP contribution in [0.15, 0.2) is 59.5 Å². The molecule has 3 atom stereocenters. The molecule has 2 fully saturated rings. The van der Waals surface area contributed by atoms with Crippen LogP contribution in [0.4, 0.5) is 0 Å². The normalized spacial score (nSPS) is 22.6. The maximum Gasteiger partial charge on any atom is 0.240 e. The summed E-state index contributed by atoms with van der Waals surface area (Å²) in [5.41, 5.74) is 1.03. The fourth-order valence-electron chi connectivity index (χ4n) is 4.55. The number of carbonyl (C=O) groups is 2. The molecular weight excluding hydrogens is 456 g/mol. The topological polar surface area (TPSA) is 117 Å². The van der Waals surface area contributed by atoms with Crippen molar-refractivity contribution in [2.75, 3.05) is 20.2 Å². The average molecular weight is 487 g/mol. The Hall–Kier alpha value is -2.95. The number of methoxy groups -OCH3 is 1. The van der Waals surface area contributed by atoms with Crippen molar-refractivity contribution in [3.05, 3.63) is 60.2 Å². The van der Waals surface area contributed by atoms with Crippen molar-refractivity contribution in [3.63, 3.8) is 0 Å². The Balaban J connectivity index is 1.33.